The maximum atomic E-state index is 12.7. The summed E-state index contributed by atoms with van der Waals surface area (Å²) in [4.78, 5) is 17.2. The smallest absolute Gasteiger partial charge is 0.258 e. The minimum atomic E-state index is -0.313. The van der Waals surface area contributed by atoms with Gasteiger partial charge in [0.25, 0.3) is 11.9 Å². The first-order chi connectivity index (χ1) is 16.0. The molecule has 2 heterocycles. The van der Waals surface area contributed by atoms with Crippen molar-refractivity contribution >= 4 is 46.7 Å². The minimum Gasteiger partial charge on any atom is -0.324 e. The van der Waals surface area contributed by atoms with Crippen LogP contribution in [0, 0.1) is 6.92 Å². The Morgan fingerprint density at radius 2 is 1.58 bits per heavy atom. The Kier molecular flexibility index (Phi) is 5.62. The Morgan fingerprint density at radius 3 is 2.24 bits per heavy atom. The van der Waals surface area contributed by atoms with E-state index in [0.717, 1.165) is 16.8 Å². The molecule has 1 unspecified atom stereocenters. The predicted octanol–water partition coefficient (Wildman–Crippen LogP) is 6.20. The van der Waals surface area contributed by atoms with Crippen LogP contribution >= 0.6 is 23.2 Å². The molecule has 1 amide bonds. The number of nitrogens with zero attached hydrogens (tertiary/aromatic N) is 3. The van der Waals surface area contributed by atoms with Crippen molar-refractivity contribution in [2.45, 2.75) is 13.0 Å². The summed E-state index contributed by atoms with van der Waals surface area (Å²) >= 11 is 12.0. The van der Waals surface area contributed by atoms with Crippen LogP contribution in [0.2, 0.25) is 10.0 Å². The first-order valence-corrected chi connectivity index (χ1v) is 11.1. The summed E-state index contributed by atoms with van der Waals surface area (Å²) in [6, 6.07) is 22.3. The third kappa shape index (κ3) is 4.49. The van der Waals surface area contributed by atoms with Gasteiger partial charge in [0.05, 0.1) is 0 Å². The zero-order chi connectivity index (χ0) is 22.9. The van der Waals surface area contributed by atoms with Gasteiger partial charge in [-0.15, -0.1) is 5.10 Å². The number of allylic oxidation sites excluding steroid dienone is 1. The van der Waals surface area contributed by atoms with Crippen LogP contribution in [0.4, 0.5) is 11.9 Å². The molecule has 0 saturated carbocycles. The summed E-state index contributed by atoms with van der Waals surface area (Å²) in [6.45, 7) is 2.05. The number of nitrogens with one attached hydrogen (secondary N) is 2. The van der Waals surface area contributed by atoms with E-state index in [2.05, 4.69) is 51.1 Å². The molecule has 6 nitrogen and oxygen atoms in total. The van der Waals surface area contributed by atoms with E-state index in [1.807, 2.05) is 31.2 Å². The molecule has 0 bridgehead atoms. The third-order valence-electron chi connectivity index (χ3n) is 5.37. The molecular weight excluding hydrogens is 457 g/mol. The molecule has 1 aliphatic heterocycles. The van der Waals surface area contributed by atoms with Crippen LogP contribution in [0.15, 0.2) is 78.9 Å². The van der Waals surface area contributed by atoms with Crippen LogP contribution in [0.25, 0.3) is 5.70 Å². The highest BCUT2D eigenvalue weighted by atomic mass is 35.5. The van der Waals surface area contributed by atoms with Gasteiger partial charge in [0, 0.05) is 21.3 Å². The predicted molar refractivity (Wildman–Crippen MR) is 132 cm³/mol. The molecule has 0 fully saturated rings. The quantitative estimate of drug-likeness (QED) is 0.368. The second kappa shape index (κ2) is 8.73. The Hall–Kier alpha value is -3.61. The van der Waals surface area contributed by atoms with Crippen LogP contribution in [0.1, 0.15) is 33.1 Å². The first kappa shape index (κ1) is 21.2. The summed E-state index contributed by atoms with van der Waals surface area (Å²) in [6.07, 6.45) is 2.08. The molecule has 33 heavy (non-hydrogen) atoms. The van der Waals surface area contributed by atoms with E-state index in [9.17, 15) is 4.79 Å². The molecule has 164 valence electrons. The van der Waals surface area contributed by atoms with Crippen molar-refractivity contribution in [1.29, 1.82) is 0 Å². The van der Waals surface area contributed by atoms with Crippen molar-refractivity contribution < 1.29 is 4.79 Å². The normalized spacial score (nSPS) is 14.8. The third-order valence-corrected chi connectivity index (χ3v) is 5.88. The van der Waals surface area contributed by atoms with Crippen molar-refractivity contribution in [2.75, 3.05) is 10.6 Å². The molecule has 0 saturated heterocycles. The number of halogens is 2. The van der Waals surface area contributed by atoms with E-state index in [4.69, 9.17) is 23.2 Å². The molecule has 3 aromatic carbocycles. The molecule has 8 heteroatoms. The summed E-state index contributed by atoms with van der Waals surface area (Å²) < 4.78 is 1.77. The lowest BCUT2D eigenvalue weighted by Crippen LogP contribution is -2.20. The molecule has 5 rings (SSSR count). The van der Waals surface area contributed by atoms with E-state index < -0.39 is 0 Å². The number of hydrogen-bond acceptors (Lipinski definition) is 4. The zero-order valence-electron chi connectivity index (χ0n) is 17.6. The number of fused-ring (bicyclic) bond motifs is 1. The standard InChI is InChI=1S/C25H19Cl2N5O/c1-15-2-4-17(5-3-15)22-14-21(16-6-10-19(26)11-7-16)28-25-30-24(31-32(22)25)29-23(33)18-8-12-20(27)13-9-18/h2-14,22H,1H3,(H2,28,29,30,31,33). The van der Waals surface area contributed by atoms with E-state index in [1.54, 1.807) is 28.9 Å². The molecule has 2 N–H and O–H groups in total. The maximum absolute atomic E-state index is 12.7. The van der Waals surface area contributed by atoms with Crippen molar-refractivity contribution in [3.8, 4) is 0 Å². The summed E-state index contributed by atoms with van der Waals surface area (Å²) in [5, 5.41) is 11.9. The van der Waals surface area contributed by atoms with Crippen LogP contribution in [-0.4, -0.2) is 20.7 Å². The van der Waals surface area contributed by atoms with Crippen LogP contribution in [0.5, 0.6) is 0 Å². The lowest BCUT2D eigenvalue weighted by Gasteiger charge is -2.24. The number of benzene rings is 3. The Morgan fingerprint density at radius 1 is 0.939 bits per heavy atom. The SMILES string of the molecule is Cc1ccc(C2C=C(c3ccc(Cl)cc3)Nc3nc(NC(=O)c4ccc(Cl)cc4)nn32)cc1. The number of aryl methyl sites for hydroxylation is 1. The fourth-order valence-electron chi connectivity index (χ4n) is 3.62. The van der Waals surface area contributed by atoms with E-state index in [1.165, 1.54) is 5.56 Å². The monoisotopic (exact) mass is 475 g/mol. The number of amides is 1. The molecule has 1 aromatic heterocycles. The topological polar surface area (TPSA) is 71.8 Å². The first-order valence-electron chi connectivity index (χ1n) is 10.3. The highest BCUT2D eigenvalue weighted by Gasteiger charge is 2.26. The van der Waals surface area contributed by atoms with Crippen molar-refractivity contribution in [2.24, 2.45) is 0 Å². The van der Waals surface area contributed by atoms with Gasteiger partial charge in [-0.1, -0.05) is 65.2 Å². The zero-order valence-corrected chi connectivity index (χ0v) is 19.1. The number of rotatable bonds is 4. The lowest BCUT2D eigenvalue weighted by atomic mass is 10.0. The van der Waals surface area contributed by atoms with Gasteiger partial charge >= 0.3 is 0 Å². The lowest BCUT2D eigenvalue weighted by molar-refractivity contribution is 0.102. The van der Waals surface area contributed by atoms with Gasteiger partial charge in [-0.2, -0.15) is 4.98 Å². The average molecular weight is 476 g/mol. The molecule has 1 aliphatic rings. The van der Waals surface area contributed by atoms with Gasteiger partial charge in [-0.05, 0) is 60.5 Å². The fraction of sp³-hybridized carbons (Fsp3) is 0.0800. The highest BCUT2D eigenvalue weighted by molar-refractivity contribution is 6.31. The Balaban J connectivity index is 1.50. The highest BCUT2D eigenvalue weighted by Crippen LogP contribution is 2.33. The number of carbonyl (C=O) groups is 1. The van der Waals surface area contributed by atoms with Crippen LogP contribution < -0.4 is 10.6 Å². The summed E-state index contributed by atoms with van der Waals surface area (Å²) in [5.41, 5.74) is 4.54. The van der Waals surface area contributed by atoms with Gasteiger partial charge in [0.1, 0.15) is 6.04 Å². The largest absolute Gasteiger partial charge is 0.324 e. The van der Waals surface area contributed by atoms with E-state index in [0.29, 0.717) is 21.6 Å². The Bertz CT molecular complexity index is 1340. The maximum Gasteiger partial charge on any atom is 0.258 e. The average Bonchev–Trinajstić information content (AvgIpc) is 3.22. The molecule has 1 atom stereocenters. The van der Waals surface area contributed by atoms with Crippen molar-refractivity contribution in [1.82, 2.24) is 14.8 Å². The molecule has 0 radical (unpaired) electrons. The Labute approximate surface area is 200 Å². The molecular formula is C25H19Cl2N5O. The number of anilines is 2. The van der Waals surface area contributed by atoms with Gasteiger partial charge in [-0.25, -0.2) is 4.68 Å². The van der Waals surface area contributed by atoms with Crippen molar-refractivity contribution in [3.05, 3.63) is 111 Å². The fourth-order valence-corrected chi connectivity index (χ4v) is 3.87. The van der Waals surface area contributed by atoms with Crippen LogP contribution in [-0.2, 0) is 0 Å². The number of carbonyl (C=O) groups excluding carboxylic acids is 1. The molecule has 4 aromatic rings. The number of hydrogen-bond donors (Lipinski definition) is 2. The van der Waals surface area contributed by atoms with Gasteiger partial charge in [-0.3, -0.25) is 10.1 Å². The van der Waals surface area contributed by atoms with E-state index >= 15 is 0 Å². The summed E-state index contributed by atoms with van der Waals surface area (Å²) in [7, 11) is 0. The van der Waals surface area contributed by atoms with Gasteiger partial charge in [0.2, 0.25) is 5.95 Å². The molecule has 0 aliphatic carbocycles. The van der Waals surface area contributed by atoms with Crippen LogP contribution in [0.3, 0.4) is 0 Å². The van der Waals surface area contributed by atoms with Gasteiger partial charge in [0.15, 0.2) is 0 Å². The summed E-state index contributed by atoms with van der Waals surface area (Å²) in [5.74, 6) is 0.423. The second-order valence-corrected chi connectivity index (χ2v) is 8.61. The molecule has 0 spiro atoms. The minimum absolute atomic E-state index is 0.207. The van der Waals surface area contributed by atoms with Crippen molar-refractivity contribution in [3.63, 3.8) is 0 Å². The second-order valence-electron chi connectivity index (χ2n) is 7.73. The van der Waals surface area contributed by atoms with Gasteiger partial charge < -0.3 is 5.32 Å². The number of aromatic nitrogens is 3. The van der Waals surface area contributed by atoms with E-state index in [-0.39, 0.29) is 17.9 Å².